The summed E-state index contributed by atoms with van der Waals surface area (Å²) < 4.78 is 0. The van der Waals surface area contributed by atoms with E-state index in [1.807, 2.05) is 0 Å². The Morgan fingerprint density at radius 1 is 1.12 bits per heavy atom. The van der Waals surface area contributed by atoms with Gasteiger partial charge < -0.3 is 0 Å². The topological polar surface area (TPSA) is 0 Å². The van der Waals surface area contributed by atoms with E-state index in [1.54, 1.807) is 37.7 Å². The molecule has 0 aliphatic carbocycles. The van der Waals surface area contributed by atoms with Gasteiger partial charge in [0.2, 0.25) is 0 Å². The zero-order valence-corrected chi connectivity index (χ0v) is 6.16. The monoisotopic (exact) mass is 128 g/mol. The Kier molecular flexibility index (Phi) is 1.30. The van der Waals surface area contributed by atoms with Crippen LogP contribution in [0, 0.1) is 5.92 Å². The molecule has 2 atom stereocenters. The van der Waals surface area contributed by atoms with Crippen LogP contribution in [0.15, 0.2) is 0 Å². The lowest BCUT2D eigenvalue weighted by molar-refractivity contribution is 0.533. The Labute approximate surface area is 52.4 Å². The number of fused-ring (bicyclic) bond motifs is 2. The highest BCUT2D eigenvalue weighted by molar-refractivity contribution is 7.58. The summed E-state index contributed by atoms with van der Waals surface area (Å²) in [5.74, 6) is 1.19. The van der Waals surface area contributed by atoms with E-state index in [4.69, 9.17) is 0 Å². The van der Waals surface area contributed by atoms with Gasteiger partial charge in [0.15, 0.2) is 0 Å². The molecular formula is C7H13P. The molecule has 0 spiro atoms. The van der Waals surface area contributed by atoms with E-state index >= 15 is 0 Å². The molecule has 0 aromatic carbocycles. The van der Waals surface area contributed by atoms with Crippen LogP contribution in [0.3, 0.4) is 0 Å². The molecule has 0 aromatic heterocycles. The molecule has 0 saturated carbocycles. The quantitative estimate of drug-likeness (QED) is 0.439. The summed E-state index contributed by atoms with van der Waals surface area (Å²) in [5.41, 5.74) is 0. The molecule has 46 valence electrons. The van der Waals surface area contributed by atoms with E-state index in [0.29, 0.717) is 7.92 Å². The van der Waals surface area contributed by atoms with Crippen LogP contribution >= 0.6 is 7.92 Å². The standard InChI is InChI=1S/C7H13P/c1-2-7-3-5-8(4-1)6-7/h7H,1-6H2. The van der Waals surface area contributed by atoms with Crippen molar-refractivity contribution in [3.05, 3.63) is 0 Å². The predicted molar refractivity (Wildman–Crippen MR) is 38.9 cm³/mol. The second kappa shape index (κ2) is 1.99. The maximum Gasteiger partial charge on any atom is -0.0297 e. The third-order valence-corrected chi connectivity index (χ3v) is 5.33. The highest BCUT2D eigenvalue weighted by atomic mass is 31.1. The molecule has 2 bridgehead atoms. The van der Waals surface area contributed by atoms with Crippen molar-refractivity contribution in [3.8, 4) is 0 Å². The van der Waals surface area contributed by atoms with Crippen LogP contribution in [0.1, 0.15) is 19.3 Å². The van der Waals surface area contributed by atoms with Crippen molar-refractivity contribution in [1.29, 1.82) is 0 Å². The molecular weight excluding hydrogens is 115 g/mol. The van der Waals surface area contributed by atoms with Gasteiger partial charge in [0.1, 0.15) is 0 Å². The van der Waals surface area contributed by atoms with Crippen LogP contribution in [-0.2, 0) is 0 Å². The second-order valence-corrected chi connectivity index (χ2v) is 5.70. The summed E-state index contributed by atoms with van der Waals surface area (Å²) in [6.45, 7) is 0. The van der Waals surface area contributed by atoms with Gasteiger partial charge in [0.05, 0.1) is 0 Å². The van der Waals surface area contributed by atoms with Crippen molar-refractivity contribution < 1.29 is 0 Å². The highest BCUT2D eigenvalue weighted by Gasteiger charge is 2.27. The van der Waals surface area contributed by atoms with Crippen molar-refractivity contribution in [1.82, 2.24) is 0 Å². The van der Waals surface area contributed by atoms with E-state index in [0.717, 1.165) is 0 Å². The zero-order chi connectivity index (χ0) is 5.40. The van der Waals surface area contributed by atoms with Crippen molar-refractivity contribution in [2.24, 2.45) is 5.92 Å². The van der Waals surface area contributed by atoms with Crippen LogP contribution in [0.25, 0.3) is 0 Å². The molecule has 0 nitrogen and oxygen atoms in total. The number of hydrogen-bond acceptors (Lipinski definition) is 0. The fourth-order valence-electron chi connectivity index (χ4n) is 1.96. The van der Waals surface area contributed by atoms with Crippen LogP contribution < -0.4 is 0 Å². The van der Waals surface area contributed by atoms with Crippen molar-refractivity contribution >= 4 is 7.92 Å². The maximum absolute atomic E-state index is 1.65. The first-order valence-electron chi connectivity index (χ1n) is 3.67. The summed E-state index contributed by atoms with van der Waals surface area (Å²) in [6.07, 6.45) is 9.61. The van der Waals surface area contributed by atoms with Gasteiger partial charge in [0, 0.05) is 0 Å². The molecule has 8 heavy (non-hydrogen) atoms. The first-order valence-corrected chi connectivity index (χ1v) is 5.57. The normalized spacial score (nSPS) is 45.0. The fraction of sp³-hybridized carbons (Fsp3) is 1.00. The molecule has 1 heteroatoms. The smallest absolute Gasteiger partial charge is 0.0297 e. The van der Waals surface area contributed by atoms with Crippen molar-refractivity contribution in [3.63, 3.8) is 0 Å². The molecule has 2 unspecified atom stereocenters. The van der Waals surface area contributed by atoms with Crippen LogP contribution in [0.2, 0.25) is 0 Å². The number of hydrogen-bond donors (Lipinski definition) is 0. The lowest BCUT2D eigenvalue weighted by Crippen LogP contribution is -2.03. The van der Waals surface area contributed by atoms with Crippen molar-refractivity contribution in [2.45, 2.75) is 19.3 Å². The Hall–Kier alpha value is 0.430. The summed E-state index contributed by atoms with van der Waals surface area (Å²) in [4.78, 5) is 0. The zero-order valence-electron chi connectivity index (χ0n) is 5.27. The summed E-state index contributed by atoms with van der Waals surface area (Å²) >= 11 is 0. The molecule has 0 radical (unpaired) electrons. The fourth-order valence-corrected chi connectivity index (χ4v) is 5.00. The van der Waals surface area contributed by atoms with Gasteiger partial charge in [-0.3, -0.25) is 0 Å². The first-order chi connectivity index (χ1) is 3.95. The minimum absolute atomic E-state index is 0.605. The highest BCUT2D eigenvalue weighted by Crippen LogP contribution is 2.51. The lowest BCUT2D eigenvalue weighted by atomic mass is 10.0. The van der Waals surface area contributed by atoms with Gasteiger partial charge in [-0.05, 0) is 43.7 Å². The Morgan fingerprint density at radius 3 is 2.88 bits per heavy atom. The van der Waals surface area contributed by atoms with Crippen LogP contribution in [0.5, 0.6) is 0 Å². The summed E-state index contributed by atoms with van der Waals surface area (Å²) in [5, 5.41) is 0. The molecule has 0 aromatic rings. The second-order valence-electron chi connectivity index (χ2n) is 3.10. The Morgan fingerprint density at radius 2 is 2.12 bits per heavy atom. The average molecular weight is 128 g/mol. The van der Waals surface area contributed by atoms with E-state index in [1.165, 1.54) is 5.92 Å². The molecule has 2 aliphatic heterocycles. The van der Waals surface area contributed by atoms with E-state index < -0.39 is 0 Å². The Bertz CT molecular complexity index is 76.4. The maximum atomic E-state index is 1.65. The SMILES string of the molecule is C1CC2CCP(C1)C2. The van der Waals surface area contributed by atoms with Crippen molar-refractivity contribution in [2.75, 3.05) is 18.5 Å². The minimum Gasteiger partial charge on any atom is -0.106 e. The van der Waals surface area contributed by atoms with E-state index in [9.17, 15) is 0 Å². The summed E-state index contributed by atoms with van der Waals surface area (Å²) in [7, 11) is 0.605. The minimum atomic E-state index is 0.605. The van der Waals surface area contributed by atoms with Gasteiger partial charge in [-0.2, -0.15) is 0 Å². The van der Waals surface area contributed by atoms with Gasteiger partial charge in [-0.1, -0.05) is 0 Å². The van der Waals surface area contributed by atoms with Crippen LogP contribution in [0.4, 0.5) is 0 Å². The molecule has 2 rings (SSSR count). The van der Waals surface area contributed by atoms with E-state index in [2.05, 4.69) is 0 Å². The average Bonchev–Trinajstić information content (AvgIpc) is 2.12. The van der Waals surface area contributed by atoms with Gasteiger partial charge in [-0.25, -0.2) is 0 Å². The molecule has 2 saturated heterocycles. The number of rotatable bonds is 0. The largest absolute Gasteiger partial charge is 0.106 e. The van der Waals surface area contributed by atoms with Gasteiger partial charge in [0.25, 0.3) is 0 Å². The molecule has 2 heterocycles. The molecule has 2 fully saturated rings. The Balaban J connectivity index is 2.03. The third-order valence-electron chi connectivity index (χ3n) is 2.46. The van der Waals surface area contributed by atoms with E-state index in [-0.39, 0.29) is 0 Å². The first kappa shape index (κ1) is 5.23. The van der Waals surface area contributed by atoms with Gasteiger partial charge >= 0.3 is 0 Å². The predicted octanol–water partition coefficient (Wildman–Crippen LogP) is 2.28. The summed E-state index contributed by atoms with van der Waals surface area (Å²) in [6, 6.07) is 0. The van der Waals surface area contributed by atoms with Gasteiger partial charge in [-0.15, -0.1) is 7.92 Å². The third kappa shape index (κ3) is 0.796. The van der Waals surface area contributed by atoms with Crippen LogP contribution in [-0.4, -0.2) is 18.5 Å². The molecule has 0 amide bonds. The molecule has 2 aliphatic rings. The molecule has 0 N–H and O–H groups in total. The lowest BCUT2D eigenvalue weighted by Gasteiger charge is -2.17.